The molecule has 0 atom stereocenters. The van der Waals surface area contributed by atoms with Crippen molar-refractivity contribution in [1.82, 2.24) is 34.3 Å². The Morgan fingerprint density at radius 1 is 1.26 bits per heavy atom. The fourth-order valence-electron chi connectivity index (χ4n) is 3.48. The maximum atomic E-state index is 13.3. The van der Waals surface area contributed by atoms with Crippen LogP contribution in [0.4, 0.5) is 11.6 Å². The first-order valence-corrected chi connectivity index (χ1v) is 10.0. The van der Waals surface area contributed by atoms with E-state index >= 15 is 0 Å². The van der Waals surface area contributed by atoms with Crippen molar-refractivity contribution >= 4 is 39.9 Å². The third-order valence-corrected chi connectivity index (χ3v) is 5.38. The predicted octanol–water partition coefficient (Wildman–Crippen LogP) is 2.69. The van der Waals surface area contributed by atoms with E-state index in [2.05, 4.69) is 25.0 Å². The van der Waals surface area contributed by atoms with Crippen LogP contribution in [0, 0.1) is 0 Å². The Morgan fingerprint density at radius 3 is 2.77 bits per heavy atom. The maximum absolute atomic E-state index is 13.3. The van der Waals surface area contributed by atoms with E-state index in [1.165, 1.54) is 6.33 Å². The van der Waals surface area contributed by atoms with Crippen LogP contribution in [0.15, 0.2) is 40.6 Å². The van der Waals surface area contributed by atoms with Gasteiger partial charge in [0, 0.05) is 13.1 Å². The van der Waals surface area contributed by atoms with Gasteiger partial charge in [-0.2, -0.15) is 5.10 Å². The molecule has 10 nitrogen and oxygen atoms in total. The van der Waals surface area contributed by atoms with Crippen LogP contribution in [0.2, 0.25) is 5.02 Å². The molecule has 4 aromatic rings. The third kappa shape index (κ3) is 3.34. The number of nitrogens with two attached hydrogens (primary N) is 1. The highest BCUT2D eigenvalue weighted by molar-refractivity contribution is 6.35. The number of aryl methyl sites for hydroxylation is 1. The summed E-state index contributed by atoms with van der Waals surface area (Å²) in [6.07, 6.45) is 4.69. The Kier molecular flexibility index (Phi) is 4.51. The molecule has 5 rings (SSSR count). The lowest BCUT2D eigenvalue weighted by molar-refractivity contribution is 0.689. The van der Waals surface area contributed by atoms with Crippen molar-refractivity contribution in [2.45, 2.75) is 25.8 Å². The van der Waals surface area contributed by atoms with Gasteiger partial charge in [0.05, 0.1) is 21.6 Å². The molecule has 0 amide bonds. The number of anilines is 1. The van der Waals surface area contributed by atoms with Crippen molar-refractivity contribution < 1.29 is 0 Å². The standard InChI is InChI=1S/C20H18ClN9O/c1-10(26-17-15(16(22)23-8-24-17)18-25-9-29(2)28-18)19-27-13-5-3-4-12(21)14(13)20(31)30(19)11-6-7-11/h3-5,8-9,11H,6-7H2,1-2H3,(H2,22,23,24)/b26-10+. The molecule has 1 fully saturated rings. The Labute approximate surface area is 181 Å². The van der Waals surface area contributed by atoms with Crippen LogP contribution in [0.3, 0.4) is 0 Å². The normalized spacial score (nSPS) is 14.4. The maximum Gasteiger partial charge on any atom is 0.263 e. The van der Waals surface area contributed by atoms with Crippen molar-refractivity contribution in [3.8, 4) is 11.4 Å². The number of halogens is 1. The second-order valence-electron chi connectivity index (χ2n) is 7.37. The smallest absolute Gasteiger partial charge is 0.263 e. The minimum atomic E-state index is -0.170. The molecule has 1 aliphatic rings. The minimum absolute atomic E-state index is 0.0771. The molecule has 1 saturated carbocycles. The number of rotatable bonds is 4. The summed E-state index contributed by atoms with van der Waals surface area (Å²) in [6, 6.07) is 5.31. The molecule has 0 unspecified atom stereocenters. The van der Waals surface area contributed by atoms with Gasteiger partial charge in [-0.25, -0.2) is 24.9 Å². The number of benzene rings is 1. The molecule has 0 spiro atoms. The Hall–Kier alpha value is -3.66. The lowest BCUT2D eigenvalue weighted by Gasteiger charge is -2.13. The van der Waals surface area contributed by atoms with E-state index in [1.807, 2.05) is 0 Å². The van der Waals surface area contributed by atoms with Crippen LogP contribution in [-0.2, 0) is 7.05 Å². The summed E-state index contributed by atoms with van der Waals surface area (Å²) in [4.78, 5) is 35.2. The largest absolute Gasteiger partial charge is 0.383 e. The molecular weight excluding hydrogens is 418 g/mol. The molecular formula is C20H18ClN9O. The number of fused-ring (bicyclic) bond motifs is 1. The van der Waals surface area contributed by atoms with E-state index in [-0.39, 0.29) is 17.4 Å². The van der Waals surface area contributed by atoms with Crippen LogP contribution in [0.5, 0.6) is 0 Å². The Balaban J connectivity index is 1.72. The first-order valence-electron chi connectivity index (χ1n) is 9.67. The number of aliphatic imine (C=N–C) groups is 1. The Bertz CT molecular complexity index is 1420. The Morgan fingerprint density at radius 2 is 2.06 bits per heavy atom. The van der Waals surface area contributed by atoms with Crippen LogP contribution < -0.4 is 11.3 Å². The van der Waals surface area contributed by atoms with Gasteiger partial charge in [0.25, 0.3) is 5.56 Å². The summed E-state index contributed by atoms with van der Waals surface area (Å²) >= 11 is 6.30. The van der Waals surface area contributed by atoms with Gasteiger partial charge in [-0.15, -0.1) is 0 Å². The van der Waals surface area contributed by atoms with Gasteiger partial charge in [0.2, 0.25) is 0 Å². The average molecular weight is 436 g/mol. The number of nitrogen functional groups attached to an aromatic ring is 1. The monoisotopic (exact) mass is 435 g/mol. The first-order chi connectivity index (χ1) is 14.9. The number of aromatic nitrogens is 7. The molecule has 3 aromatic heterocycles. The van der Waals surface area contributed by atoms with E-state index in [0.717, 1.165) is 12.8 Å². The minimum Gasteiger partial charge on any atom is -0.383 e. The van der Waals surface area contributed by atoms with E-state index in [4.69, 9.17) is 22.3 Å². The van der Waals surface area contributed by atoms with Gasteiger partial charge in [-0.1, -0.05) is 17.7 Å². The lowest BCUT2D eigenvalue weighted by Crippen LogP contribution is -2.27. The van der Waals surface area contributed by atoms with Crippen molar-refractivity contribution in [3.63, 3.8) is 0 Å². The molecule has 0 aliphatic heterocycles. The zero-order valence-electron chi connectivity index (χ0n) is 16.8. The highest BCUT2D eigenvalue weighted by Crippen LogP contribution is 2.36. The summed E-state index contributed by atoms with van der Waals surface area (Å²) in [5, 5.41) is 5.09. The van der Waals surface area contributed by atoms with Gasteiger partial charge in [0.1, 0.15) is 24.0 Å². The van der Waals surface area contributed by atoms with Crippen molar-refractivity contribution in [2.75, 3.05) is 5.73 Å². The van der Waals surface area contributed by atoms with E-state index in [1.54, 1.807) is 47.7 Å². The van der Waals surface area contributed by atoms with Gasteiger partial charge in [0.15, 0.2) is 17.5 Å². The van der Waals surface area contributed by atoms with Crippen LogP contribution in [0.1, 0.15) is 31.6 Å². The fraction of sp³-hybridized carbons (Fsp3) is 0.250. The topological polar surface area (TPSA) is 130 Å². The summed E-state index contributed by atoms with van der Waals surface area (Å²) in [5.74, 6) is 1.36. The summed E-state index contributed by atoms with van der Waals surface area (Å²) in [5.41, 5.74) is 7.37. The molecule has 0 saturated heterocycles. The number of hydrogen-bond donors (Lipinski definition) is 1. The van der Waals surface area contributed by atoms with Gasteiger partial charge in [-0.05, 0) is 31.9 Å². The van der Waals surface area contributed by atoms with Crippen molar-refractivity contribution in [3.05, 3.63) is 52.1 Å². The molecule has 31 heavy (non-hydrogen) atoms. The molecule has 0 bridgehead atoms. The van der Waals surface area contributed by atoms with E-state index in [0.29, 0.717) is 44.7 Å². The second kappa shape index (κ2) is 7.24. The summed E-state index contributed by atoms with van der Waals surface area (Å²) in [7, 11) is 1.75. The number of hydrogen-bond acceptors (Lipinski definition) is 8. The third-order valence-electron chi connectivity index (χ3n) is 5.07. The molecule has 1 aromatic carbocycles. The van der Waals surface area contributed by atoms with Gasteiger partial charge < -0.3 is 5.73 Å². The number of nitrogens with zero attached hydrogens (tertiary/aromatic N) is 8. The molecule has 11 heteroatoms. The quantitative estimate of drug-likeness (QED) is 0.487. The van der Waals surface area contributed by atoms with E-state index < -0.39 is 0 Å². The second-order valence-corrected chi connectivity index (χ2v) is 7.78. The van der Waals surface area contributed by atoms with Gasteiger partial charge >= 0.3 is 0 Å². The first kappa shape index (κ1) is 19.3. The summed E-state index contributed by atoms with van der Waals surface area (Å²) < 4.78 is 3.23. The van der Waals surface area contributed by atoms with Crippen molar-refractivity contribution in [2.24, 2.45) is 12.0 Å². The molecule has 0 radical (unpaired) electrons. The van der Waals surface area contributed by atoms with Crippen LogP contribution in [0.25, 0.3) is 22.3 Å². The predicted molar refractivity (Wildman–Crippen MR) is 118 cm³/mol. The molecule has 3 heterocycles. The molecule has 2 N–H and O–H groups in total. The molecule has 1 aliphatic carbocycles. The SMILES string of the molecule is C/C(=N\c1ncnc(N)c1-c1ncn(C)n1)c1nc2cccc(Cl)c2c(=O)n1C1CC1. The average Bonchev–Trinajstić information content (AvgIpc) is 3.48. The molecule has 156 valence electrons. The highest BCUT2D eigenvalue weighted by atomic mass is 35.5. The summed E-state index contributed by atoms with van der Waals surface area (Å²) in [6.45, 7) is 1.78. The van der Waals surface area contributed by atoms with Crippen LogP contribution in [-0.4, -0.2) is 40.0 Å². The zero-order valence-corrected chi connectivity index (χ0v) is 17.6. The van der Waals surface area contributed by atoms with Crippen molar-refractivity contribution in [1.29, 1.82) is 0 Å². The van der Waals surface area contributed by atoms with Crippen LogP contribution >= 0.6 is 11.6 Å². The van der Waals surface area contributed by atoms with Gasteiger partial charge in [-0.3, -0.25) is 14.0 Å². The fourth-order valence-corrected chi connectivity index (χ4v) is 3.73. The van der Waals surface area contributed by atoms with E-state index in [9.17, 15) is 4.79 Å². The highest BCUT2D eigenvalue weighted by Gasteiger charge is 2.30. The zero-order chi connectivity index (χ0) is 21.7. The lowest BCUT2D eigenvalue weighted by atomic mass is 10.2.